The summed E-state index contributed by atoms with van der Waals surface area (Å²) < 4.78 is 32.4. The Hall–Kier alpha value is -3.22. The van der Waals surface area contributed by atoms with Crippen molar-refractivity contribution < 1.29 is 38.4 Å². The number of hydrogen-bond acceptors (Lipinski definition) is 8. The van der Waals surface area contributed by atoms with Crippen LogP contribution in [0.3, 0.4) is 0 Å². The van der Waals surface area contributed by atoms with Crippen molar-refractivity contribution in [3.05, 3.63) is 83.3 Å². The van der Waals surface area contributed by atoms with E-state index in [0.717, 1.165) is 151 Å². The molecule has 0 bridgehead atoms. The van der Waals surface area contributed by atoms with Gasteiger partial charge in [-0.2, -0.15) is 0 Å². The number of aromatic carboxylic acids is 1. The van der Waals surface area contributed by atoms with Crippen LogP contribution in [-0.2, 0) is 44.6 Å². The molecule has 5 heterocycles. The lowest BCUT2D eigenvalue weighted by Crippen LogP contribution is -2.41. The highest BCUT2D eigenvalue weighted by molar-refractivity contribution is 6.40. The molecule has 0 atom stereocenters. The molecule has 0 amide bonds. The number of carbonyl (C=O) groups is 2. The number of carboxylic acids is 1. The van der Waals surface area contributed by atoms with E-state index < -0.39 is 5.97 Å². The number of fused-ring (bicyclic) bond motifs is 4. The highest BCUT2D eigenvalue weighted by Gasteiger charge is 2.37. The molecule has 13 heteroatoms. The number of rotatable bonds is 22. The number of ether oxygens (including phenoxy) is 5. The molecule has 0 saturated carbocycles. The maximum absolute atomic E-state index is 14.1. The second-order valence-electron chi connectivity index (χ2n) is 17.4. The van der Waals surface area contributed by atoms with E-state index >= 15 is 0 Å². The van der Waals surface area contributed by atoms with E-state index in [4.69, 9.17) is 58.5 Å². The number of nitrogens with zero attached hydrogens (tertiary/aromatic N) is 2. The largest absolute Gasteiger partial charge is 0.478 e. The molecular formula is C50H62Cl3N2O8+. The lowest BCUT2D eigenvalue weighted by molar-refractivity contribution is -0.00238. The third-order valence-electron chi connectivity index (χ3n) is 13.1. The molecular weight excluding hydrogens is 863 g/mol. The molecule has 3 aromatic carbocycles. The third kappa shape index (κ3) is 10.4. The molecule has 1 N–H and O–H groups in total. The lowest BCUT2D eigenvalue weighted by Gasteiger charge is -2.36. The minimum absolute atomic E-state index is 0.0179. The molecule has 0 aliphatic carbocycles. The van der Waals surface area contributed by atoms with Gasteiger partial charge in [-0.15, -0.1) is 11.6 Å². The number of unbranched alkanes of at least 4 members (excludes halogenated alkanes) is 3. The summed E-state index contributed by atoms with van der Waals surface area (Å²) in [6.07, 6.45) is 14.9. The molecule has 0 spiro atoms. The minimum atomic E-state index is -1.20. The van der Waals surface area contributed by atoms with Gasteiger partial charge in [-0.25, -0.2) is 9.37 Å². The van der Waals surface area contributed by atoms with Crippen LogP contribution in [0.2, 0.25) is 10.0 Å². The number of ketones is 1. The Kier molecular flexibility index (Phi) is 16.4. The number of aryl methyl sites for hydroxylation is 2. The van der Waals surface area contributed by atoms with Gasteiger partial charge in [-0.1, -0.05) is 36.0 Å². The van der Waals surface area contributed by atoms with Crippen LogP contribution in [0.4, 0.5) is 5.69 Å². The number of anilines is 1. The molecule has 5 aliphatic heterocycles. The van der Waals surface area contributed by atoms with Gasteiger partial charge in [0.25, 0.3) is 0 Å². The van der Waals surface area contributed by atoms with Crippen molar-refractivity contribution in [2.75, 3.05) is 89.8 Å². The topological polar surface area (TPSA) is 107 Å². The quantitative estimate of drug-likeness (QED) is 0.0359. The number of carboxylic acid groups (broad SMARTS) is 1. The molecule has 340 valence electrons. The molecule has 63 heavy (non-hydrogen) atoms. The summed E-state index contributed by atoms with van der Waals surface area (Å²) in [5, 5.41) is 13.1. The number of benzene rings is 3. The number of hydrogen-bond donors (Lipinski definition) is 1. The van der Waals surface area contributed by atoms with Crippen LogP contribution >= 0.6 is 34.8 Å². The molecule has 0 unspecified atom stereocenters. The van der Waals surface area contributed by atoms with Crippen LogP contribution in [-0.4, -0.2) is 102 Å². The van der Waals surface area contributed by atoms with E-state index in [2.05, 4.69) is 21.6 Å². The SMILES string of the molecule is O=C(CCCOCCOCCOCCOCCCCCCCl)c1cc(Cl)c(C(=O)O)c(C2=c3cc4c5c(c3Oc3c2cc2c6c3CCCN6CCCC2)CCC[N+]=5CCCC4)c1Cl. The van der Waals surface area contributed by atoms with Gasteiger partial charge in [0.05, 0.1) is 60.8 Å². The molecule has 5 aliphatic rings. The molecule has 0 aromatic heterocycles. The fourth-order valence-electron chi connectivity index (χ4n) is 10.3. The molecule has 0 saturated heterocycles. The summed E-state index contributed by atoms with van der Waals surface area (Å²) in [4.78, 5) is 30.0. The van der Waals surface area contributed by atoms with Crippen molar-refractivity contribution in [1.82, 2.24) is 4.58 Å². The second kappa shape index (κ2) is 22.3. The van der Waals surface area contributed by atoms with Crippen LogP contribution in [0.1, 0.15) is 131 Å². The van der Waals surface area contributed by atoms with Crippen LogP contribution in [0, 0.1) is 0 Å². The van der Waals surface area contributed by atoms with Gasteiger partial charge in [0.2, 0.25) is 5.36 Å². The van der Waals surface area contributed by atoms with Crippen molar-refractivity contribution in [2.24, 2.45) is 0 Å². The Bertz CT molecular complexity index is 2300. The van der Waals surface area contributed by atoms with Crippen LogP contribution in [0.5, 0.6) is 11.5 Å². The number of halogens is 3. The monoisotopic (exact) mass is 923 g/mol. The standard InChI is InChI=1S/C50H61Cl3N2O8/c51-17-5-1-2-8-22-59-24-26-61-28-29-62-27-25-60-23-11-16-41(56)37-32-40(52)43(50(57)58)44(45(37)53)42-38-30-33-12-3-6-18-54-20-9-14-35(46(33)54)48(38)63-49-36-15-10-21-55-19-7-4-13-34(47(36)55)31-39(42)49/h30-32H,1-29H2/p+1. The van der Waals surface area contributed by atoms with E-state index in [0.29, 0.717) is 58.2 Å². The van der Waals surface area contributed by atoms with Crippen molar-refractivity contribution >= 4 is 57.8 Å². The Morgan fingerprint density at radius 3 is 2.13 bits per heavy atom. The zero-order valence-corrected chi connectivity index (χ0v) is 38.8. The van der Waals surface area contributed by atoms with Crippen molar-refractivity contribution in [3.63, 3.8) is 0 Å². The van der Waals surface area contributed by atoms with Crippen molar-refractivity contribution in [3.8, 4) is 11.5 Å². The number of alkyl halides is 1. The Balaban J connectivity index is 1.02. The predicted octanol–water partition coefficient (Wildman–Crippen LogP) is 8.74. The fraction of sp³-hybridized carbons (Fsp3) is 0.580. The van der Waals surface area contributed by atoms with Crippen LogP contribution in [0.15, 0.2) is 18.2 Å². The Morgan fingerprint density at radius 1 is 0.698 bits per heavy atom. The van der Waals surface area contributed by atoms with E-state index in [1.807, 2.05) is 0 Å². The summed E-state index contributed by atoms with van der Waals surface area (Å²) in [6, 6.07) is 5.88. The molecule has 0 radical (unpaired) electrons. The van der Waals surface area contributed by atoms with E-state index in [9.17, 15) is 14.7 Å². The summed E-state index contributed by atoms with van der Waals surface area (Å²) in [7, 11) is 0. The van der Waals surface area contributed by atoms with Gasteiger partial charge in [-0.3, -0.25) is 4.79 Å². The van der Waals surface area contributed by atoms with Crippen molar-refractivity contribution in [2.45, 2.75) is 103 Å². The summed E-state index contributed by atoms with van der Waals surface area (Å²) in [6.45, 7) is 7.97. The number of carbonyl (C=O) groups excluding carboxylic acids is 1. The smallest absolute Gasteiger partial charge is 0.337 e. The molecule has 0 fully saturated rings. The van der Waals surface area contributed by atoms with Crippen LogP contribution in [0.25, 0.3) is 5.57 Å². The average molecular weight is 925 g/mol. The van der Waals surface area contributed by atoms with Gasteiger partial charge in [0.15, 0.2) is 5.78 Å². The normalized spacial score (nSPS) is 16.4. The first kappa shape index (κ1) is 46.3. The lowest BCUT2D eigenvalue weighted by atomic mass is 9.82. The minimum Gasteiger partial charge on any atom is -0.478 e. The van der Waals surface area contributed by atoms with Crippen LogP contribution < -0.4 is 24.8 Å². The van der Waals surface area contributed by atoms with Crippen molar-refractivity contribution in [1.29, 1.82) is 0 Å². The predicted molar refractivity (Wildman–Crippen MR) is 249 cm³/mol. The van der Waals surface area contributed by atoms with Gasteiger partial charge >= 0.3 is 5.97 Å². The third-order valence-corrected chi connectivity index (χ3v) is 14.1. The highest BCUT2D eigenvalue weighted by atomic mass is 35.5. The van der Waals surface area contributed by atoms with E-state index in [-0.39, 0.29) is 38.9 Å². The fourth-order valence-corrected chi connectivity index (χ4v) is 11.1. The average Bonchev–Trinajstić information content (AvgIpc) is 3.63. The zero-order valence-electron chi connectivity index (χ0n) is 36.6. The second-order valence-corrected chi connectivity index (χ2v) is 18.6. The first-order valence-corrected chi connectivity index (χ1v) is 24.7. The van der Waals surface area contributed by atoms with Gasteiger partial charge < -0.3 is 33.7 Å². The van der Waals surface area contributed by atoms with Gasteiger partial charge in [-0.05, 0) is 94.4 Å². The summed E-state index contributed by atoms with van der Waals surface area (Å²) in [5.41, 5.74) is 8.05. The van der Waals surface area contributed by atoms with E-state index in [1.54, 1.807) is 0 Å². The van der Waals surface area contributed by atoms with Gasteiger partial charge in [0.1, 0.15) is 24.6 Å². The molecule has 3 aromatic rings. The van der Waals surface area contributed by atoms with E-state index in [1.165, 1.54) is 39.4 Å². The molecule has 10 nitrogen and oxygen atoms in total. The summed E-state index contributed by atoms with van der Waals surface area (Å²) in [5.74, 6) is 0.865. The first-order chi connectivity index (χ1) is 30.9. The van der Waals surface area contributed by atoms with Gasteiger partial charge in [0, 0.05) is 95.7 Å². The summed E-state index contributed by atoms with van der Waals surface area (Å²) >= 11 is 20.1. The number of Topliss-reactive ketones (excluding diaryl/α,β-unsaturated/α-hetero) is 1. The first-order valence-electron chi connectivity index (χ1n) is 23.5. The Labute approximate surface area is 386 Å². The Morgan fingerprint density at radius 2 is 1.37 bits per heavy atom. The highest BCUT2D eigenvalue weighted by Crippen LogP contribution is 2.50. The zero-order chi connectivity index (χ0) is 43.7. The maximum atomic E-state index is 14.1. The molecule has 8 rings (SSSR count). The maximum Gasteiger partial charge on any atom is 0.337 e.